The van der Waals surface area contributed by atoms with Crippen molar-refractivity contribution >= 4 is 5.97 Å². The van der Waals surface area contributed by atoms with Crippen molar-refractivity contribution in [1.82, 2.24) is 0 Å². The van der Waals surface area contributed by atoms with Gasteiger partial charge in [-0.3, -0.25) is 4.79 Å². The third-order valence-corrected chi connectivity index (χ3v) is 2.22. The first-order valence-corrected chi connectivity index (χ1v) is 3.53. The summed E-state index contributed by atoms with van der Waals surface area (Å²) in [6.45, 7) is 1.47. The number of carbonyl (C=O) groups is 1. The third kappa shape index (κ3) is 1.67. The molecule has 64 valence electrons. The van der Waals surface area contributed by atoms with Gasteiger partial charge in [0.2, 0.25) is 5.92 Å². The first-order valence-electron chi connectivity index (χ1n) is 3.53. The monoisotopic (exact) mass is 164 g/mol. The average Bonchev–Trinajstić information content (AvgIpc) is 1.80. The summed E-state index contributed by atoms with van der Waals surface area (Å²) in [5.74, 6) is -4.54. The lowest BCUT2D eigenvalue weighted by Gasteiger charge is -2.37. The Hall–Kier alpha value is -0.670. The van der Waals surface area contributed by atoms with Crippen LogP contribution in [0.15, 0.2) is 0 Å². The molecule has 0 bridgehead atoms. The normalized spacial score (nSPS) is 25.7. The van der Waals surface area contributed by atoms with E-state index in [4.69, 9.17) is 5.11 Å². The summed E-state index contributed by atoms with van der Waals surface area (Å²) >= 11 is 0. The maximum absolute atomic E-state index is 12.2. The van der Waals surface area contributed by atoms with Gasteiger partial charge in [0, 0.05) is 12.8 Å². The molecule has 4 heteroatoms. The molecule has 0 spiro atoms. The van der Waals surface area contributed by atoms with E-state index in [2.05, 4.69) is 0 Å². The van der Waals surface area contributed by atoms with Crippen LogP contribution in [0.1, 0.15) is 19.8 Å². The van der Waals surface area contributed by atoms with Crippen LogP contribution in [0, 0.1) is 11.8 Å². The van der Waals surface area contributed by atoms with Gasteiger partial charge in [-0.25, -0.2) is 8.78 Å². The number of rotatable bonds is 2. The zero-order chi connectivity index (χ0) is 8.65. The molecule has 0 unspecified atom stereocenters. The number of alkyl halides is 2. The van der Waals surface area contributed by atoms with Crippen molar-refractivity contribution in [2.45, 2.75) is 25.7 Å². The van der Waals surface area contributed by atoms with E-state index in [1.165, 1.54) is 6.92 Å². The first-order chi connectivity index (χ1) is 4.92. The summed E-state index contributed by atoms with van der Waals surface area (Å²) in [4.78, 5) is 10.3. The minimum atomic E-state index is -2.60. The second kappa shape index (κ2) is 2.43. The van der Waals surface area contributed by atoms with E-state index < -0.39 is 17.8 Å². The molecule has 0 aliphatic heterocycles. The van der Waals surface area contributed by atoms with Crippen LogP contribution >= 0.6 is 0 Å². The molecular formula is C7H10F2O2. The van der Waals surface area contributed by atoms with Crippen LogP contribution < -0.4 is 0 Å². The zero-order valence-electron chi connectivity index (χ0n) is 6.18. The van der Waals surface area contributed by atoms with Gasteiger partial charge in [-0.15, -0.1) is 0 Å². The molecule has 1 saturated carbocycles. The molecule has 0 saturated heterocycles. The van der Waals surface area contributed by atoms with Gasteiger partial charge in [0.15, 0.2) is 0 Å². The molecule has 1 aliphatic rings. The minimum Gasteiger partial charge on any atom is -0.481 e. The molecular weight excluding hydrogens is 154 g/mol. The van der Waals surface area contributed by atoms with E-state index in [1.54, 1.807) is 0 Å². The highest BCUT2D eigenvalue weighted by atomic mass is 19.3. The van der Waals surface area contributed by atoms with Gasteiger partial charge in [0.05, 0.1) is 5.92 Å². The predicted molar refractivity (Wildman–Crippen MR) is 34.5 cm³/mol. The second-order valence-electron chi connectivity index (χ2n) is 3.15. The van der Waals surface area contributed by atoms with E-state index in [-0.39, 0.29) is 18.8 Å². The standard InChI is InChI=1S/C7H10F2O2/c1-4(6(10)11)5-2-7(8,9)3-5/h4-5H,2-3H2,1H3,(H,10,11)/t4-/m0/s1. The molecule has 1 rings (SSSR count). The summed E-state index contributed by atoms with van der Waals surface area (Å²) < 4.78 is 24.4. The van der Waals surface area contributed by atoms with Gasteiger partial charge in [-0.2, -0.15) is 0 Å². The van der Waals surface area contributed by atoms with Crippen LogP contribution in [0.2, 0.25) is 0 Å². The number of halogens is 2. The molecule has 0 aromatic heterocycles. The summed E-state index contributed by atoms with van der Waals surface area (Å²) in [5, 5.41) is 8.44. The fourth-order valence-corrected chi connectivity index (χ4v) is 1.26. The number of aliphatic carboxylic acids is 1. The Morgan fingerprint density at radius 2 is 2.09 bits per heavy atom. The lowest BCUT2D eigenvalue weighted by atomic mass is 9.74. The third-order valence-electron chi connectivity index (χ3n) is 2.22. The molecule has 1 atom stereocenters. The van der Waals surface area contributed by atoms with E-state index in [0.717, 1.165) is 0 Å². The lowest BCUT2D eigenvalue weighted by Crippen LogP contribution is -2.41. The smallest absolute Gasteiger partial charge is 0.306 e. The maximum Gasteiger partial charge on any atom is 0.306 e. The summed E-state index contributed by atoms with van der Waals surface area (Å²) in [6, 6.07) is 0. The molecule has 1 aliphatic carbocycles. The molecule has 0 heterocycles. The van der Waals surface area contributed by atoms with E-state index in [1.807, 2.05) is 0 Å². The van der Waals surface area contributed by atoms with Crippen molar-refractivity contribution in [2.24, 2.45) is 11.8 Å². The molecule has 0 aromatic carbocycles. The summed E-state index contributed by atoms with van der Waals surface area (Å²) in [6.07, 6.45) is -0.527. The van der Waals surface area contributed by atoms with Crippen LogP contribution in [0.25, 0.3) is 0 Å². The molecule has 0 aromatic rings. The lowest BCUT2D eigenvalue weighted by molar-refractivity contribution is -0.157. The van der Waals surface area contributed by atoms with Gasteiger partial charge in [0.25, 0.3) is 0 Å². The molecule has 0 radical (unpaired) electrons. The number of carboxylic acid groups (broad SMARTS) is 1. The fraction of sp³-hybridized carbons (Fsp3) is 0.857. The number of carboxylic acids is 1. The van der Waals surface area contributed by atoms with Crippen molar-refractivity contribution in [3.05, 3.63) is 0 Å². The highest BCUT2D eigenvalue weighted by Crippen LogP contribution is 2.45. The second-order valence-corrected chi connectivity index (χ2v) is 3.15. The molecule has 11 heavy (non-hydrogen) atoms. The molecule has 2 nitrogen and oxygen atoms in total. The Kier molecular flexibility index (Phi) is 1.86. The average molecular weight is 164 g/mol. The Morgan fingerprint density at radius 1 is 1.64 bits per heavy atom. The Balaban J connectivity index is 2.38. The van der Waals surface area contributed by atoms with Crippen molar-refractivity contribution in [3.8, 4) is 0 Å². The molecule has 1 N–H and O–H groups in total. The predicted octanol–water partition coefficient (Wildman–Crippen LogP) is 1.75. The van der Waals surface area contributed by atoms with Crippen LogP contribution in [0.5, 0.6) is 0 Å². The van der Waals surface area contributed by atoms with Crippen LogP contribution in [0.4, 0.5) is 8.78 Å². The van der Waals surface area contributed by atoms with Crippen molar-refractivity contribution < 1.29 is 18.7 Å². The van der Waals surface area contributed by atoms with Crippen molar-refractivity contribution in [2.75, 3.05) is 0 Å². The van der Waals surface area contributed by atoms with Crippen LogP contribution in [-0.2, 0) is 4.79 Å². The quantitative estimate of drug-likeness (QED) is 0.675. The van der Waals surface area contributed by atoms with Crippen molar-refractivity contribution in [1.29, 1.82) is 0 Å². The van der Waals surface area contributed by atoms with Gasteiger partial charge >= 0.3 is 5.97 Å². The summed E-state index contributed by atoms with van der Waals surface area (Å²) in [7, 11) is 0. The zero-order valence-corrected chi connectivity index (χ0v) is 6.18. The van der Waals surface area contributed by atoms with E-state index in [0.29, 0.717) is 0 Å². The number of hydrogen-bond acceptors (Lipinski definition) is 1. The summed E-state index contributed by atoms with van der Waals surface area (Å²) in [5.41, 5.74) is 0. The number of hydrogen-bond donors (Lipinski definition) is 1. The van der Waals surface area contributed by atoms with Gasteiger partial charge < -0.3 is 5.11 Å². The Labute approximate surface area is 63.2 Å². The van der Waals surface area contributed by atoms with Crippen LogP contribution in [-0.4, -0.2) is 17.0 Å². The molecule has 1 fully saturated rings. The first kappa shape index (κ1) is 8.43. The highest BCUT2D eigenvalue weighted by molar-refractivity contribution is 5.70. The van der Waals surface area contributed by atoms with E-state index in [9.17, 15) is 13.6 Å². The SMILES string of the molecule is C[C@H](C(=O)O)C1CC(F)(F)C1. The van der Waals surface area contributed by atoms with Gasteiger partial charge in [0.1, 0.15) is 0 Å². The molecule has 0 amide bonds. The Bertz CT molecular complexity index is 171. The Morgan fingerprint density at radius 3 is 2.36 bits per heavy atom. The highest BCUT2D eigenvalue weighted by Gasteiger charge is 2.48. The minimum absolute atomic E-state index is 0.263. The topological polar surface area (TPSA) is 37.3 Å². The fourth-order valence-electron chi connectivity index (χ4n) is 1.26. The maximum atomic E-state index is 12.2. The largest absolute Gasteiger partial charge is 0.481 e. The van der Waals surface area contributed by atoms with Gasteiger partial charge in [-0.05, 0) is 5.92 Å². The van der Waals surface area contributed by atoms with Gasteiger partial charge in [-0.1, -0.05) is 6.92 Å². The van der Waals surface area contributed by atoms with Crippen molar-refractivity contribution in [3.63, 3.8) is 0 Å². The van der Waals surface area contributed by atoms with Crippen LogP contribution in [0.3, 0.4) is 0 Å². The van der Waals surface area contributed by atoms with E-state index >= 15 is 0 Å².